The minimum atomic E-state index is -0.145. The number of nitrogens with one attached hydrogen (secondary N) is 1. The van der Waals surface area contributed by atoms with E-state index >= 15 is 0 Å². The van der Waals surface area contributed by atoms with Crippen molar-refractivity contribution in [1.29, 1.82) is 0 Å². The van der Waals surface area contributed by atoms with Crippen molar-refractivity contribution >= 4 is 0 Å². The highest BCUT2D eigenvalue weighted by molar-refractivity contribution is 5.38. The first-order valence-electron chi connectivity index (χ1n) is 13.2. The Hall–Kier alpha value is -0.380. The lowest BCUT2D eigenvalue weighted by atomic mass is 9.43. The molecular weight excluding hydrogens is 382 g/mol. The Bertz CT molecular complexity index is 714. The molecule has 0 heterocycles. The van der Waals surface area contributed by atoms with Crippen LogP contribution in [0.2, 0.25) is 0 Å². The summed E-state index contributed by atoms with van der Waals surface area (Å²) in [5.41, 5.74) is 4.75. The van der Waals surface area contributed by atoms with Gasteiger partial charge in [-0.3, -0.25) is 0 Å². The number of fused-ring (bicyclic) bond motifs is 4. The van der Waals surface area contributed by atoms with Crippen LogP contribution in [0.15, 0.2) is 11.1 Å². The van der Waals surface area contributed by atoms with Gasteiger partial charge in [-0.25, -0.2) is 0 Å². The Kier molecular flexibility index (Phi) is 6.24. The molecule has 4 rings (SSSR count). The summed E-state index contributed by atoms with van der Waals surface area (Å²) in [7, 11) is 0. The van der Waals surface area contributed by atoms with Gasteiger partial charge in [0.1, 0.15) is 0 Å². The average Bonchev–Trinajstić information content (AvgIpc) is 3.00. The lowest BCUT2D eigenvalue weighted by Gasteiger charge is -2.62. The zero-order chi connectivity index (χ0) is 22.7. The van der Waals surface area contributed by atoms with E-state index in [0.29, 0.717) is 28.7 Å². The molecule has 178 valence electrons. The van der Waals surface area contributed by atoms with E-state index in [0.717, 1.165) is 24.8 Å². The van der Waals surface area contributed by atoms with E-state index in [4.69, 9.17) is 5.11 Å². The number of rotatable bonds is 6. The second-order valence-corrected chi connectivity index (χ2v) is 13.0. The van der Waals surface area contributed by atoms with E-state index in [2.05, 4.69) is 46.9 Å². The molecule has 0 saturated heterocycles. The molecule has 0 spiro atoms. The average molecular weight is 432 g/mol. The maximum absolute atomic E-state index is 10.8. The molecule has 0 amide bonds. The molecule has 0 aliphatic heterocycles. The third-order valence-corrected chi connectivity index (χ3v) is 11.5. The van der Waals surface area contributed by atoms with Gasteiger partial charge in [-0.05, 0) is 104 Å². The fourth-order valence-corrected chi connectivity index (χ4v) is 9.36. The lowest BCUT2D eigenvalue weighted by Crippen LogP contribution is -2.55. The summed E-state index contributed by atoms with van der Waals surface area (Å²) in [6.07, 6.45) is 11.1. The van der Waals surface area contributed by atoms with Crippen LogP contribution in [-0.2, 0) is 0 Å². The monoisotopic (exact) mass is 431 g/mol. The van der Waals surface area contributed by atoms with Crippen LogP contribution in [0, 0.1) is 39.4 Å². The molecule has 0 radical (unpaired) electrons. The molecule has 0 unspecified atom stereocenters. The van der Waals surface area contributed by atoms with E-state index in [1.165, 1.54) is 51.4 Å². The summed E-state index contributed by atoms with van der Waals surface area (Å²) < 4.78 is 0. The van der Waals surface area contributed by atoms with Gasteiger partial charge in [0, 0.05) is 6.54 Å². The molecule has 4 aliphatic carbocycles. The predicted molar refractivity (Wildman–Crippen MR) is 129 cm³/mol. The third kappa shape index (κ3) is 3.39. The number of hydrogen-bond acceptors (Lipinski definition) is 3. The highest BCUT2D eigenvalue weighted by atomic mass is 16.3. The van der Waals surface area contributed by atoms with Gasteiger partial charge in [0.2, 0.25) is 0 Å². The first-order chi connectivity index (χ1) is 14.5. The quantitative estimate of drug-likeness (QED) is 0.373. The smallest absolute Gasteiger partial charge is 0.0594 e. The summed E-state index contributed by atoms with van der Waals surface area (Å²) in [5, 5.41) is 23.2. The van der Waals surface area contributed by atoms with Crippen LogP contribution in [0.1, 0.15) is 99.3 Å². The van der Waals surface area contributed by atoms with Crippen molar-refractivity contribution in [3.8, 4) is 0 Å². The topological polar surface area (TPSA) is 52.5 Å². The van der Waals surface area contributed by atoms with Crippen molar-refractivity contribution in [3.05, 3.63) is 11.1 Å². The van der Waals surface area contributed by atoms with E-state index in [9.17, 15) is 5.11 Å². The van der Waals surface area contributed by atoms with Crippen molar-refractivity contribution < 1.29 is 10.2 Å². The molecule has 7 atom stereocenters. The molecule has 3 heteroatoms. The van der Waals surface area contributed by atoms with E-state index < -0.39 is 0 Å². The molecule has 0 aromatic heterocycles. The van der Waals surface area contributed by atoms with Crippen molar-refractivity contribution in [3.63, 3.8) is 0 Å². The van der Waals surface area contributed by atoms with Crippen molar-refractivity contribution in [1.82, 2.24) is 5.32 Å². The molecule has 3 nitrogen and oxygen atoms in total. The summed E-state index contributed by atoms with van der Waals surface area (Å²) in [6.45, 7) is 16.9. The normalized spacial score (nSPS) is 45.1. The van der Waals surface area contributed by atoms with Crippen LogP contribution in [0.5, 0.6) is 0 Å². The minimum absolute atomic E-state index is 0.0292. The van der Waals surface area contributed by atoms with Gasteiger partial charge in [0.15, 0.2) is 0 Å². The van der Waals surface area contributed by atoms with Crippen LogP contribution < -0.4 is 5.32 Å². The predicted octanol–water partition coefficient (Wildman–Crippen LogP) is 5.70. The van der Waals surface area contributed by atoms with Crippen LogP contribution in [-0.4, -0.2) is 36.0 Å². The van der Waals surface area contributed by atoms with Gasteiger partial charge in [-0.1, -0.05) is 52.7 Å². The first-order valence-corrected chi connectivity index (χ1v) is 13.2. The molecule has 0 aromatic carbocycles. The number of aliphatic hydroxyl groups is 2. The highest BCUT2D eigenvalue weighted by Crippen LogP contribution is 2.72. The van der Waals surface area contributed by atoms with Gasteiger partial charge < -0.3 is 15.5 Å². The fraction of sp³-hybridized carbons (Fsp3) is 0.929. The molecule has 4 aliphatic rings. The lowest BCUT2D eigenvalue weighted by molar-refractivity contribution is -0.0962. The Balaban J connectivity index is 1.61. The van der Waals surface area contributed by atoms with Gasteiger partial charge in [0.05, 0.1) is 12.7 Å². The molecule has 3 N–H and O–H groups in total. The Morgan fingerprint density at radius 1 is 0.935 bits per heavy atom. The summed E-state index contributed by atoms with van der Waals surface area (Å²) in [6, 6.07) is 0. The zero-order valence-corrected chi connectivity index (χ0v) is 21.2. The SMILES string of the molecule is C[C@H](CCNCCO)[C@H]1CC[C@@]2(C)C3=C(CC[C@]12C)[C@@]1(C)CC[C@H](O)C(C)(C)[C@@H]1CC3. The molecule has 2 saturated carbocycles. The summed E-state index contributed by atoms with van der Waals surface area (Å²) in [5.74, 6) is 2.15. The maximum atomic E-state index is 10.8. The third-order valence-electron chi connectivity index (χ3n) is 11.5. The van der Waals surface area contributed by atoms with E-state index in [1.807, 2.05) is 11.1 Å². The van der Waals surface area contributed by atoms with Crippen molar-refractivity contribution in [2.24, 2.45) is 39.4 Å². The second kappa shape index (κ2) is 8.13. The molecule has 2 fully saturated rings. The first kappa shape index (κ1) is 23.8. The summed E-state index contributed by atoms with van der Waals surface area (Å²) >= 11 is 0. The van der Waals surface area contributed by atoms with Crippen molar-refractivity contribution in [2.45, 2.75) is 105 Å². The van der Waals surface area contributed by atoms with E-state index in [-0.39, 0.29) is 18.1 Å². The van der Waals surface area contributed by atoms with Gasteiger partial charge >= 0.3 is 0 Å². The number of allylic oxidation sites excluding steroid dienone is 2. The highest BCUT2D eigenvalue weighted by Gasteiger charge is 2.63. The standard InChI is InChI=1S/C28H49NO2/c1-19(12-16-29-17-18-30)20-9-14-28(6)22-7-8-23-25(2,3)24(31)11-13-26(23,4)21(22)10-15-27(20,28)5/h19-20,23-24,29-31H,7-18H2,1-6H3/t19-,20-,23+,24+,26-,27-,28+/m1/s1. The maximum Gasteiger partial charge on any atom is 0.0594 e. The van der Waals surface area contributed by atoms with Crippen molar-refractivity contribution in [2.75, 3.05) is 19.7 Å². The number of aliphatic hydroxyl groups excluding tert-OH is 2. The Morgan fingerprint density at radius 2 is 1.68 bits per heavy atom. The minimum Gasteiger partial charge on any atom is -0.395 e. The second-order valence-electron chi connectivity index (χ2n) is 13.0. The van der Waals surface area contributed by atoms with Crippen LogP contribution in [0.4, 0.5) is 0 Å². The summed E-state index contributed by atoms with van der Waals surface area (Å²) in [4.78, 5) is 0. The van der Waals surface area contributed by atoms with E-state index in [1.54, 1.807) is 0 Å². The van der Waals surface area contributed by atoms with Gasteiger partial charge in [-0.15, -0.1) is 0 Å². The molecule has 31 heavy (non-hydrogen) atoms. The van der Waals surface area contributed by atoms with Gasteiger partial charge in [-0.2, -0.15) is 0 Å². The largest absolute Gasteiger partial charge is 0.395 e. The number of hydrogen-bond donors (Lipinski definition) is 3. The van der Waals surface area contributed by atoms with Gasteiger partial charge in [0.25, 0.3) is 0 Å². The van der Waals surface area contributed by atoms with Crippen LogP contribution >= 0.6 is 0 Å². The van der Waals surface area contributed by atoms with Crippen LogP contribution in [0.25, 0.3) is 0 Å². The molecule has 0 bridgehead atoms. The fourth-order valence-electron chi connectivity index (χ4n) is 9.36. The van der Waals surface area contributed by atoms with Crippen LogP contribution in [0.3, 0.4) is 0 Å². The Labute approximate surface area is 191 Å². The molecular formula is C28H49NO2. The Morgan fingerprint density at radius 3 is 2.39 bits per heavy atom. The zero-order valence-electron chi connectivity index (χ0n) is 21.2. The molecule has 0 aromatic rings.